The predicted molar refractivity (Wildman–Crippen MR) is 86.7 cm³/mol. The average molecular weight is 338 g/mol. The molecule has 0 bridgehead atoms. The van der Waals surface area contributed by atoms with E-state index in [4.69, 9.17) is 16.3 Å². The minimum atomic E-state index is -0.246. The van der Waals surface area contributed by atoms with E-state index in [1.165, 1.54) is 11.3 Å². The molecule has 1 aliphatic heterocycles. The van der Waals surface area contributed by atoms with E-state index in [2.05, 4.69) is 22.4 Å². The summed E-state index contributed by atoms with van der Waals surface area (Å²) in [6, 6.07) is 5.48. The van der Waals surface area contributed by atoms with Crippen LogP contribution in [0.15, 0.2) is 18.2 Å². The summed E-state index contributed by atoms with van der Waals surface area (Å²) < 4.78 is 5.64. The third-order valence-corrected chi connectivity index (χ3v) is 4.59. The molecule has 7 heteroatoms. The van der Waals surface area contributed by atoms with Gasteiger partial charge < -0.3 is 10.1 Å². The number of aryl methyl sites for hydroxylation is 1. The van der Waals surface area contributed by atoms with Gasteiger partial charge in [0.05, 0.1) is 5.92 Å². The molecule has 1 amide bonds. The van der Waals surface area contributed by atoms with Gasteiger partial charge in [-0.05, 0) is 36.6 Å². The minimum Gasteiger partial charge on any atom is -0.492 e. The lowest BCUT2D eigenvalue weighted by Crippen LogP contribution is -2.32. The van der Waals surface area contributed by atoms with Crippen molar-refractivity contribution in [3.8, 4) is 5.75 Å². The third-order valence-electron chi connectivity index (χ3n) is 3.46. The van der Waals surface area contributed by atoms with Gasteiger partial charge in [-0.25, -0.2) is 0 Å². The maximum absolute atomic E-state index is 12.3. The summed E-state index contributed by atoms with van der Waals surface area (Å²) in [4.78, 5) is 12.3. The molecule has 2 aromatic rings. The number of hydrogen-bond donors (Lipinski definition) is 1. The zero-order valence-electron chi connectivity index (χ0n) is 12.1. The molecule has 22 heavy (non-hydrogen) atoms. The molecule has 1 aromatic carbocycles. The Kier molecular flexibility index (Phi) is 4.59. The van der Waals surface area contributed by atoms with Gasteiger partial charge in [0.25, 0.3) is 0 Å². The van der Waals surface area contributed by atoms with E-state index in [-0.39, 0.29) is 11.8 Å². The molecule has 1 aromatic heterocycles. The number of aromatic nitrogens is 2. The van der Waals surface area contributed by atoms with Crippen LogP contribution in [-0.4, -0.2) is 22.7 Å². The normalized spacial score (nSPS) is 16.7. The number of ether oxygens (including phenoxy) is 1. The van der Waals surface area contributed by atoms with E-state index in [0.717, 1.165) is 29.2 Å². The number of anilines is 1. The van der Waals surface area contributed by atoms with Crippen molar-refractivity contribution >= 4 is 34.0 Å². The second-order valence-corrected chi connectivity index (χ2v) is 6.70. The number of rotatable bonds is 4. The zero-order chi connectivity index (χ0) is 15.5. The Morgan fingerprint density at radius 1 is 1.50 bits per heavy atom. The number of fused-ring (bicyclic) bond motifs is 1. The minimum absolute atomic E-state index is 0.0928. The number of nitrogens with zero attached hydrogens (tertiary/aromatic N) is 2. The maximum atomic E-state index is 12.3. The zero-order valence-corrected chi connectivity index (χ0v) is 13.7. The van der Waals surface area contributed by atoms with Gasteiger partial charge in [0.1, 0.15) is 17.4 Å². The van der Waals surface area contributed by atoms with Crippen molar-refractivity contribution in [3.63, 3.8) is 0 Å². The van der Waals surface area contributed by atoms with E-state index in [1.807, 2.05) is 12.1 Å². The van der Waals surface area contributed by atoms with E-state index in [0.29, 0.717) is 23.2 Å². The van der Waals surface area contributed by atoms with Gasteiger partial charge in [-0.1, -0.05) is 29.9 Å². The topological polar surface area (TPSA) is 64.1 Å². The molecule has 3 rings (SSSR count). The van der Waals surface area contributed by atoms with Crippen molar-refractivity contribution in [1.29, 1.82) is 0 Å². The highest BCUT2D eigenvalue weighted by molar-refractivity contribution is 7.15. The van der Waals surface area contributed by atoms with Crippen LogP contribution in [0.2, 0.25) is 5.02 Å². The first-order valence-electron chi connectivity index (χ1n) is 7.20. The lowest BCUT2D eigenvalue weighted by Gasteiger charge is -2.24. The summed E-state index contributed by atoms with van der Waals surface area (Å²) in [5, 5.41) is 13.0. The molecule has 1 aliphatic rings. The van der Waals surface area contributed by atoms with Gasteiger partial charge in [0, 0.05) is 11.4 Å². The molecule has 0 saturated heterocycles. The molecule has 1 unspecified atom stereocenters. The van der Waals surface area contributed by atoms with Crippen LogP contribution >= 0.6 is 22.9 Å². The first-order chi connectivity index (χ1) is 10.7. The standard InChI is InChI=1S/C15H16ClN3O2S/c1-2-3-13-18-19-15(22-13)17-14(20)10-6-9-7-11(16)4-5-12(9)21-8-10/h4-5,7,10H,2-3,6,8H2,1H3,(H,17,19,20). The maximum Gasteiger partial charge on any atom is 0.233 e. The number of amides is 1. The van der Waals surface area contributed by atoms with Crippen LogP contribution in [0.3, 0.4) is 0 Å². The van der Waals surface area contributed by atoms with Crippen molar-refractivity contribution in [2.45, 2.75) is 26.2 Å². The van der Waals surface area contributed by atoms with Gasteiger partial charge in [-0.2, -0.15) is 0 Å². The second-order valence-electron chi connectivity index (χ2n) is 5.20. The van der Waals surface area contributed by atoms with Crippen LogP contribution in [0.5, 0.6) is 5.75 Å². The first kappa shape index (κ1) is 15.2. The summed E-state index contributed by atoms with van der Waals surface area (Å²) in [7, 11) is 0. The third kappa shape index (κ3) is 3.39. The SMILES string of the molecule is CCCc1nnc(NC(=O)C2COc3ccc(Cl)cc3C2)s1. The molecule has 0 radical (unpaired) electrons. The molecule has 0 saturated carbocycles. The van der Waals surface area contributed by atoms with Crippen molar-refractivity contribution < 1.29 is 9.53 Å². The Labute approximate surface area is 137 Å². The predicted octanol–water partition coefficient (Wildman–Crippen LogP) is 3.33. The molecule has 0 fully saturated rings. The Bertz CT molecular complexity index is 689. The van der Waals surface area contributed by atoms with Crippen molar-refractivity contribution in [3.05, 3.63) is 33.8 Å². The van der Waals surface area contributed by atoms with Crippen LogP contribution in [0, 0.1) is 5.92 Å². The lowest BCUT2D eigenvalue weighted by atomic mass is 9.96. The van der Waals surface area contributed by atoms with E-state index < -0.39 is 0 Å². The Hall–Kier alpha value is -1.66. The molecule has 1 atom stereocenters. The highest BCUT2D eigenvalue weighted by atomic mass is 35.5. The van der Waals surface area contributed by atoms with Gasteiger partial charge in [0.2, 0.25) is 11.0 Å². The highest BCUT2D eigenvalue weighted by Gasteiger charge is 2.27. The summed E-state index contributed by atoms with van der Waals surface area (Å²) in [6.45, 7) is 2.45. The summed E-state index contributed by atoms with van der Waals surface area (Å²) >= 11 is 7.42. The number of hydrogen-bond acceptors (Lipinski definition) is 5. The van der Waals surface area contributed by atoms with Gasteiger partial charge in [0.15, 0.2) is 0 Å². The van der Waals surface area contributed by atoms with Crippen LogP contribution in [-0.2, 0) is 17.6 Å². The number of halogens is 1. The van der Waals surface area contributed by atoms with Gasteiger partial charge in [-0.15, -0.1) is 10.2 Å². The van der Waals surface area contributed by atoms with Crippen molar-refractivity contribution in [2.75, 3.05) is 11.9 Å². The largest absolute Gasteiger partial charge is 0.492 e. The molecule has 2 heterocycles. The molecule has 0 spiro atoms. The number of nitrogens with one attached hydrogen (secondary N) is 1. The molecule has 5 nitrogen and oxygen atoms in total. The molecule has 0 aliphatic carbocycles. The van der Waals surface area contributed by atoms with Crippen LogP contribution in [0.1, 0.15) is 23.9 Å². The summed E-state index contributed by atoms with van der Waals surface area (Å²) in [6.07, 6.45) is 2.50. The fourth-order valence-electron chi connectivity index (χ4n) is 2.36. The lowest BCUT2D eigenvalue weighted by molar-refractivity contribution is -0.121. The monoisotopic (exact) mass is 337 g/mol. The Morgan fingerprint density at radius 2 is 2.36 bits per heavy atom. The van der Waals surface area contributed by atoms with Crippen LogP contribution < -0.4 is 10.1 Å². The van der Waals surface area contributed by atoms with Gasteiger partial charge >= 0.3 is 0 Å². The number of carbonyl (C=O) groups is 1. The van der Waals surface area contributed by atoms with E-state index >= 15 is 0 Å². The van der Waals surface area contributed by atoms with Crippen LogP contribution in [0.4, 0.5) is 5.13 Å². The molecular formula is C15H16ClN3O2S. The second kappa shape index (κ2) is 6.62. The smallest absolute Gasteiger partial charge is 0.233 e. The van der Waals surface area contributed by atoms with E-state index in [1.54, 1.807) is 6.07 Å². The number of carbonyl (C=O) groups excluding carboxylic acids is 1. The fraction of sp³-hybridized carbons (Fsp3) is 0.400. The summed E-state index contributed by atoms with van der Waals surface area (Å²) in [5.74, 6) is 0.462. The first-order valence-corrected chi connectivity index (χ1v) is 8.39. The molecule has 1 N–H and O–H groups in total. The van der Waals surface area contributed by atoms with Crippen molar-refractivity contribution in [2.24, 2.45) is 5.92 Å². The fourth-order valence-corrected chi connectivity index (χ4v) is 3.40. The molecule has 116 valence electrons. The Morgan fingerprint density at radius 3 is 3.18 bits per heavy atom. The number of benzene rings is 1. The van der Waals surface area contributed by atoms with E-state index in [9.17, 15) is 4.79 Å². The molecular weight excluding hydrogens is 322 g/mol. The van der Waals surface area contributed by atoms with Gasteiger partial charge in [-0.3, -0.25) is 4.79 Å². The highest BCUT2D eigenvalue weighted by Crippen LogP contribution is 2.30. The summed E-state index contributed by atoms with van der Waals surface area (Å²) in [5.41, 5.74) is 0.961. The Balaban J connectivity index is 1.65. The van der Waals surface area contributed by atoms with Crippen LogP contribution in [0.25, 0.3) is 0 Å². The quantitative estimate of drug-likeness (QED) is 0.929. The average Bonchev–Trinajstić information content (AvgIpc) is 2.94. The van der Waals surface area contributed by atoms with Crippen molar-refractivity contribution in [1.82, 2.24) is 10.2 Å².